The number of aromatic nitrogens is 1. The lowest BCUT2D eigenvalue weighted by atomic mass is 10.4. The number of hydrogen-bond acceptors (Lipinski definition) is 2. The summed E-state index contributed by atoms with van der Waals surface area (Å²) in [6.45, 7) is 6.91. The van der Waals surface area contributed by atoms with E-state index in [1.807, 2.05) is 32.0 Å². The maximum absolute atomic E-state index is 5.34. The maximum Gasteiger partial charge on any atom is 0.213 e. The Balaban J connectivity index is 0.000000671. The standard InChI is InChI=1S/C9H13NO.C2H6/c1-2-3-8-11-9-6-4-5-7-10-9;1-2/h4-7H,2-3,8H2,1H3;1-2H3. The van der Waals surface area contributed by atoms with Crippen molar-refractivity contribution in [1.29, 1.82) is 0 Å². The van der Waals surface area contributed by atoms with Gasteiger partial charge in [-0.15, -0.1) is 0 Å². The van der Waals surface area contributed by atoms with Crippen LogP contribution in [0, 0.1) is 0 Å². The van der Waals surface area contributed by atoms with Crippen LogP contribution >= 0.6 is 0 Å². The molecule has 0 atom stereocenters. The molecule has 1 aromatic heterocycles. The summed E-state index contributed by atoms with van der Waals surface area (Å²) in [5.74, 6) is 0.723. The van der Waals surface area contributed by atoms with Gasteiger partial charge < -0.3 is 4.74 Å². The van der Waals surface area contributed by atoms with Gasteiger partial charge in [0.05, 0.1) is 6.61 Å². The Morgan fingerprint density at radius 2 is 2.08 bits per heavy atom. The largest absolute Gasteiger partial charge is 0.478 e. The second-order valence-corrected chi connectivity index (χ2v) is 2.37. The number of unbranched alkanes of at least 4 members (excludes halogenated alkanes) is 1. The topological polar surface area (TPSA) is 22.1 Å². The molecule has 0 amide bonds. The molecule has 2 heteroatoms. The molecule has 0 aliphatic heterocycles. The Morgan fingerprint density at radius 1 is 1.31 bits per heavy atom. The van der Waals surface area contributed by atoms with Crippen LogP contribution in [0.1, 0.15) is 33.6 Å². The first-order chi connectivity index (χ1) is 6.43. The molecule has 0 saturated heterocycles. The van der Waals surface area contributed by atoms with Gasteiger partial charge in [-0.2, -0.15) is 0 Å². The third-order valence-electron chi connectivity index (χ3n) is 1.39. The molecule has 0 unspecified atom stereocenters. The number of hydrogen-bond donors (Lipinski definition) is 0. The summed E-state index contributed by atoms with van der Waals surface area (Å²) in [5.41, 5.74) is 0. The number of rotatable bonds is 4. The molecule has 0 N–H and O–H groups in total. The van der Waals surface area contributed by atoms with E-state index in [4.69, 9.17) is 4.74 Å². The van der Waals surface area contributed by atoms with E-state index >= 15 is 0 Å². The monoisotopic (exact) mass is 181 g/mol. The van der Waals surface area contributed by atoms with Gasteiger partial charge in [-0.3, -0.25) is 0 Å². The zero-order valence-corrected chi connectivity index (χ0v) is 8.79. The van der Waals surface area contributed by atoms with Gasteiger partial charge in [0.1, 0.15) is 0 Å². The average molecular weight is 181 g/mol. The molecule has 13 heavy (non-hydrogen) atoms. The van der Waals surface area contributed by atoms with E-state index < -0.39 is 0 Å². The molecular weight excluding hydrogens is 162 g/mol. The maximum atomic E-state index is 5.34. The van der Waals surface area contributed by atoms with E-state index in [0.717, 1.165) is 25.3 Å². The van der Waals surface area contributed by atoms with Gasteiger partial charge >= 0.3 is 0 Å². The van der Waals surface area contributed by atoms with Crippen molar-refractivity contribution in [2.75, 3.05) is 6.61 Å². The number of nitrogens with zero attached hydrogens (tertiary/aromatic N) is 1. The van der Waals surface area contributed by atoms with E-state index in [9.17, 15) is 0 Å². The number of pyridine rings is 1. The van der Waals surface area contributed by atoms with Gasteiger partial charge in [0.25, 0.3) is 0 Å². The fourth-order valence-corrected chi connectivity index (χ4v) is 0.754. The third-order valence-corrected chi connectivity index (χ3v) is 1.39. The summed E-state index contributed by atoms with van der Waals surface area (Å²) >= 11 is 0. The highest BCUT2D eigenvalue weighted by atomic mass is 16.5. The molecule has 0 bridgehead atoms. The van der Waals surface area contributed by atoms with Crippen LogP contribution in [0.3, 0.4) is 0 Å². The smallest absolute Gasteiger partial charge is 0.213 e. The van der Waals surface area contributed by atoms with Crippen molar-refractivity contribution < 1.29 is 4.74 Å². The molecule has 0 aliphatic rings. The zero-order chi connectivity index (χ0) is 9.94. The van der Waals surface area contributed by atoms with Gasteiger partial charge in [0.2, 0.25) is 5.88 Å². The first-order valence-corrected chi connectivity index (χ1v) is 4.97. The molecule has 0 aromatic carbocycles. The average Bonchev–Trinajstić information content (AvgIpc) is 2.23. The lowest BCUT2D eigenvalue weighted by Gasteiger charge is -2.01. The quantitative estimate of drug-likeness (QED) is 0.665. The zero-order valence-electron chi connectivity index (χ0n) is 8.79. The van der Waals surface area contributed by atoms with Gasteiger partial charge in [-0.1, -0.05) is 33.3 Å². The summed E-state index contributed by atoms with van der Waals surface area (Å²) in [7, 11) is 0. The molecule has 2 nitrogen and oxygen atoms in total. The van der Waals surface area contributed by atoms with Crippen LogP contribution in [0.15, 0.2) is 24.4 Å². The highest BCUT2D eigenvalue weighted by molar-refractivity contribution is 5.08. The first kappa shape index (κ1) is 11.9. The SMILES string of the molecule is CC.CCCCOc1ccccn1. The highest BCUT2D eigenvalue weighted by Gasteiger charge is 1.89. The van der Waals surface area contributed by atoms with Crippen LogP contribution in [-0.4, -0.2) is 11.6 Å². The normalized spacial score (nSPS) is 8.54. The lowest BCUT2D eigenvalue weighted by Crippen LogP contribution is -1.97. The van der Waals surface area contributed by atoms with Crippen LogP contribution < -0.4 is 4.74 Å². The molecule has 0 aliphatic carbocycles. The van der Waals surface area contributed by atoms with E-state index in [0.29, 0.717) is 0 Å². The molecule has 1 rings (SSSR count). The van der Waals surface area contributed by atoms with Gasteiger partial charge in [0.15, 0.2) is 0 Å². The molecule has 0 spiro atoms. The molecule has 1 aromatic rings. The van der Waals surface area contributed by atoms with Crippen molar-refractivity contribution in [1.82, 2.24) is 4.98 Å². The predicted molar refractivity (Wildman–Crippen MR) is 56.0 cm³/mol. The van der Waals surface area contributed by atoms with Crippen LogP contribution in [0.4, 0.5) is 0 Å². The molecule has 0 radical (unpaired) electrons. The van der Waals surface area contributed by atoms with Gasteiger partial charge in [-0.25, -0.2) is 4.98 Å². The highest BCUT2D eigenvalue weighted by Crippen LogP contribution is 2.03. The Kier molecular flexibility index (Phi) is 8.31. The Morgan fingerprint density at radius 3 is 2.62 bits per heavy atom. The minimum absolute atomic E-state index is 0.723. The Hall–Kier alpha value is -1.05. The van der Waals surface area contributed by atoms with Crippen molar-refractivity contribution in [3.63, 3.8) is 0 Å². The fourth-order valence-electron chi connectivity index (χ4n) is 0.754. The third kappa shape index (κ3) is 6.14. The van der Waals surface area contributed by atoms with E-state index in [1.165, 1.54) is 0 Å². The minimum Gasteiger partial charge on any atom is -0.478 e. The predicted octanol–water partition coefficient (Wildman–Crippen LogP) is 3.29. The Bertz CT molecular complexity index is 187. The van der Waals surface area contributed by atoms with E-state index in [2.05, 4.69) is 11.9 Å². The summed E-state index contributed by atoms with van der Waals surface area (Å²) in [5, 5.41) is 0. The van der Waals surface area contributed by atoms with Gasteiger partial charge in [0, 0.05) is 12.3 Å². The van der Waals surface area contributed by atoms with E-state index in [-0.39, 0.29) is 0 Å². The number of ether oxygens (including phenoxy) is 1. The van der Waals surface area contributed by atoms with Crippen molar-refractivity contribution in [2.24, 2.45) is 0 Å². The van der Waals surface area contributed by atoms with Crippen molar-refractivity contribution >= 4 is 0 Å². The lowest BCUT2D eigenvalue weighted by molar-refractivity contribution is 0.298. The van der Waals surface area contributed by atoms with Crippen LogP contribution in [-0.2, 0) is 0 Å². The van der Waals surface area contributed by atoms with Crippen molar-refractivity contribution in [3.05, 3.63) is 24.4 Å². The summed E-state index contributed by atoms with van der Waals surface area (Å²) in [6.07, 6.45) is 3.99. The summed E-state index contributed by atoms with van der Waals surface area (Å²) in [4.78, 5) is 4.03. The molecule has 0 saturated carbocycles. The molecule has 1 heterocycles. The molecule has 74 valence electrons. The van der Waals surface area contributed by atoms with Crippen molar-refractivity contribution in [3.8, 4) is 5.88 Å². The Labute approximate surface area is 81.0 Å². The van der Waals surface area contributed by atoms with Crippen LogP contribution in [0.5, 0.6) is 5.88 Å². The summed E-state index contributed by atoms with van der Waals surface area (Å²) < 4.78 is 5.34. The molecular formula is C11H19NO. The second-order valence-electron chi connectivity index (χ2n) is 2.37. The minimum atomic E-state index is 0.723. The first-order valence-electron chi connectivity index (χ1n) is 4.97. The summed E-state index contributed by atoms with van der Waals surface area (Å²) in [6, 6.07) is 5.68. The van der Waals surface area contributed by atoms with Crippen molar-refractivity contribution in [2.45, 2.75) is 33.6 Å². The fraction of sp³-hybridized carbons (Fsp3) is 0.545. The van der Waals surface area contributed by atoms with Crippen LogP contribution in [0.25, 0.3) is 0 Å². The van der Waals surface area contributed by atoms with Crippen LogP contribution in [0.2, 0.25) is 0 Å². The van der Waals surface area contributed by atoms with E-state index in [1.54, 1.807) is 6.20 Å². The molecule has 0 fully saturated rings. The second kappa shape index (κ2) is 9.04. The van der Waals surface area contributed by atoms with Gasteiger partial charge in [-0.05, 0) is 12.5 Å².